The SMILES string of the molecule is OC(c1ccc2c(c1)CCCC2)c1ccc2c(c1)COC2. The summed E-state index contributed by atoms with van der Waals surface area (Å²) in [6.45, 7) is 1.37. The minimum Gasteiger partial charge on any atom is -0.384 e. The molecule has 108 valence electrons. The van der Waals surface area contributed by atoms with Gasteiger partial charge >= 0.3 is 0 Å². The van der Waals surface area contributed by atoms with Crippen molar-refractivity contribution < 1.29 is 9.84 Å². The van der Waals surface area contributed by atoms with Crippen molar-refractivity contribution in [1.29, 1.82) is 0 Å². The van der Waals surface area contributed by atoms with Gasteiger partial charge in [0.1, 0.15) is 6.10 Å². The lowest BCUT2D eigenvalue weighted by Gasteiger charge is -2.19. The molecule has 1 heterocycles. The Bertz CT molecular complexity index is 675. The summed E-state index contributed by atoms with van der Waals surface area (Å²) in [4.78, 5) is 0. The Hall–Kier alpha value is -1.64. The van der Waals surface area contributed by atoms with E-state index in [9.17, 15) is 5.11 Å². The molecule has 0 fully saturated rings. The van der Waals surface area contributed by atoms with Crippen molar-refractivity contribution in [2.45, 2.75) is 45.0 Å². The maximum Gasteiger partial charge on any atom is 0.104 e. The summed E-state index contributed by atoms with van der Waals surface area (Å²) >= 11 is 0. The van der Waals surface area contributed by atoms with E-state index in [2.05, 4.69) is 30.3 Å². The zero-order valence-electron chi connectivity index (χ0n) is 12.1. The predicted molar refractivity (Wildman–Crippen MR) is 82.1 cm³/mol. The maximum atomic E-state index is 10.7. The topological polar surface area (TPSA) is 29.5 Å². The molecule has 0 aromatic heterocycles. The Morgan fingerprint density at radius 1 is 0.762 bits per heavy atom. The zero-order chi connectivity index (χ0) is 14.2. The second kappa shape index (κ2) is 5.28. The highest BCUT2D eigenvalue weighted by atomic mass is 16.5. The number of hydrogen-bond acceptors (Lipinski definition) is 2. The van der Waals surface area contributed by atoms with Gasteiger partial charge in [-0.15, -0.1) is 0 Å². The van der Waals surface area contributed by atoms with E-state index >= 15 is 0 Å². The van der Waals surface area contributed by atoms with E-state index in [1.165, 1.54) is 41.5 Å². The summed E-state index contributed by atoms with van der Waals surface area (Å²) in [5.74, 6) is 0. The third-order valence-corrected chi connectivity index (χ3v) is 4.75. The average Bonchev–Trinajstić information content (AvgIpc) is 3.01. The van der Waals surface area contributed by atoms with Gasteiger partial charge in [0.25, 0.3) is 0 Å². The van der Waals surface area contributed by atoms with E-state index in [0.29, 0.717) is 13.2 Å². The molecule has 0 spiro atoms. The fourth-order valence-corrected chi connectivity index (χ4v) is 3.48. The Morgan fingerprint density at radius 3 is 2.19 bits per heavy atom. The van der Waals surface area contributed by atoms with Gasteiger partial charge in [-0.05, 0) is 59.1 Å². The highest BCUT2D eigenvalue weighted by Crippen LogP contribution is 2.30. The van der Waals surface area contributed by atoms with Gasteiger partial charge in [0, 0.05) is 0 Å². The van der Waals surface area contributed by atoms with E-state index in [0.717, 1.165) is 17.5 Å². The molecule has 2 aromatic rings. The van der Waals surface area contributed by atoms with Crippen LogP contribution in [0, 0.1) is 0 Å². The van der Waals surface area contributed by atoms with Crippen LogP contribution in [0.4, 0.5) is 0 Å². The minimum atomic E-state index is -0.539. The van der Waals surface area contributed by atoms with Gasteiger partial charge in [0.05, 0.1) is 13.2 Å². The lowest BCUT2D eigenvalue weighted by Crippen LogP contribution is -2.06. The zero-order valence-corrected chi connectivity index (χ0v) is 12.1. The summed E-state index contributed by atoms with van der Waals surface area (Å²) in [6.07, 6.45) is 4.35. The summed E-state index contributed by atoms with van der Waals surface area (Å²) < 4.78 is 5.45. The van der Waals surface area contributed by atoms with Crippen molar-refractivity contribution in [3.63, 3.8) is 0 Å². The maximum absolute atomic E-state index is 10.7. The first-order chi connectivity index (χ1) is 10.3. The lowest BCUT2D eigenvalue weighted by molar-refractivity contribution is 0.134. The molecule has 2 aliphatic rings. The molecule has 4 rings (SSSR count). The van der Waals surface area contributed by atoms with E-state index in [1.54, 1.807) is 0 Å². The monoisotopic (exact) mass is 280 g/mol. The molecule has 1 aliphatic carbocycles. The molecule has 0 saturated heterocycles. The Morgan fingerprint density at radius 2 is 1.38 bits per heavy atom. The third kappa shape index (κ3) is 2.39. The van der Waals surface area contributed by atoms with E-state index < -0.39 is 6.10 Å². The molecule has 1 unspecified atom stereocenters. The van der Waals surface area contributed by atoms with Crippen molar-refractivity contribution >= 4 is 0 Å². The molecule has 0 saturated carbocycles. The van der Waals surface area contributed by atoms with Crippen LogP contribution in [-0.2, 0) is 30.8 Å². The van der Waals surface area contributed by atoms with Crippen molar-refractivity contribution in [1.82, 2.24) is 0 Å². The van der Waals surface area contributed by atoms with Crippen LogP contribution in [0.1, 0.15) is 52.3 Å². The number of fused-ring (bicyclic) bond motifs is 2. The normalized spacial score (nSPS) is 18.1. The van der Waals surface area contributed by atoms with Gasteiger partial charge < -0.3 is 9.84 Å². The number of aliphatic hydroxyl groups excluding tert-OH is 1. The van der Waals surface area contributed by atoms with Gasteiger partial charge in [0.2, 0.25) is 0 Å². The molecular weight excluding hydrogens is 260 g/mol. The fourth-order valence-electron chi connectivity index (χ4n) is 3.48. The van der Waals surface area contributed by atoms with Gasteiger partial charge in [-0.25, -0.2) is 0 Å². The van der Waals surface area contributed by atoms with Crippen molar-refractivity contribution in [3.05, 3.63) is 69.8 Å². The molecule has 2 aromatic carbocycles. The smallest absolute Gasteiger partial charge is 0.104 e. The predicted octanol–water partition coefficient (Wildman–Crippen LogP) is 3.68. The first-order valence-electron chi connectivity index (χ1n) is 7.80. The summed E-state index contributed by atoms with van der Waals surface area (Å²) in [7, 11) is 0. The molecular formula is C19H20O2. The minimum absolute atomic E-state index is 0.539. The number of ether oxygens (including phenoxy) is 1. The molecule has 1 N–H and O–H groups in total. The lowest BCUT2D eigenvalue weighted by atomic mass is 9.88. The molecule has 2 nitrogen and oxygen atoms in total. The summed E-state index contributed by atoms with van der Waals surface area (Å²) in [5.41, 5.74) is 7.31. The number of hydrogen-bond donors (Lipinski definition) is 1. The molecule has 1 atom stereocenters. The molecule has 0 bridgehead atoms. The Balaban J connectivity index is 1.66. The van der Waals surface area contributed by atoms with Crippen LogP contribution in [0.25, 0.3) is 0 Å². The largest absolute Gasteiger partial charge is 0.384 e. The molecule has 21 heavy (non-hydrogen) atoms. The van der Waals surface area contributed by atoms with Crippen LogP contribution in [0.3, 0.4) is 0 Å². The number of rotatable bonds is 2. The number of aryl methyl sites for hydroxylation is 2. The quantitative estimate of drug-likeness (QED) is 0.909. The van der Waals surface area contributed by atoms with Crippen LogP contribution in [-0.4, -0.2) is 5.11 Å². The number of aliphatic hydroxyl groups is 1. The van der Waals surface area contributed by atoms with Crippen molar-refractivity contribution in [3.8, 4) is 0 Å². The van der Waals surface area contributed by atoms with Crippen LogP contribution in [0.5, 0.6) is 0 Å². The highest BCUT2D eigenvalue weighted by Gasteiger charge is 2.18. The average molecular weight is 280 g/mol. The van der Waals surface area contributed by atoms with Crippen LogP contribution in [0.2, 0.25) is 0 Å². The first kappa shape index (κ1) is 13.1. The van der Waals surface area contributed by atoms with Crippen molar-refractivity contribution in [2.75, 3.05) is 0 Å². The van der Waals surface area contributed by atoms with E-state index in [1.807, 2.05) is 6.07 Å². The summed E-state index contributed by atoms with van der Waals surface area (Å²) in [6, 6.07) is 12.7. The number of benzene rings is 2. The fraction of sp³-hybridized carbons (Fsp3) is 0.368. The Kier molecular flexibility index (Phi) is 3.28. The third-order valence-electron chi connectivity index (χ3n) is 4.75. The highest BCUT2D eigenvalue weighted by molar-refractivity contribution is 5.41. The molecule has 1 aliphatic heterocycles. The van der Waals surface area contributed by atoms with Crippen LogP contribution in [0.15, 0.2) is 36.4 Å². The van der Waals surface area contributed by atoms with Gasteiger partial charge in [-0.1, -0.05) is 36.4 Å². The first-order valence-corrected chi connectivity index (χ1v) is 7.80. The Labute approximate surface area is 125 Å². The second-order valence-corrected chi connectivity index (χ2v) is 6.16. The van der Waals surface area contributed by atoms with Crippen molar-refractivity contribution in [2.24, 2.45) is 0 Å². The molecule has 0 amide bonds. The van der Waals surface area contributed by atoms with Crippen LogP contribution < -0.4 is 0 Å². The van der Waals surface area contributed by atoms with Crippen LogP contribution >= 0.6 is 0 Å². The van der Waals surface area contributed by atoms with Gasteiger partial charge in [-0.3, -0.25) is 0 Å². The van der Waals surface area contributed by atoms with Gasteiger partial charge in [0.15, 0.2) is 0 Å². The second-order valence-electron chi connectivity index (χ2n) is 6.16. The molecule has 0 radical (unpaired) electrons. The van der Waals surface area contributed by atoms with E-state index in [-0.39, 0.29) is 0 Å². The summed E-state index contributed by atoms with van der Waals surface area (Å²) in [5, 5.41) is 10.7. The van der Waals surface area contributed by atoms with Gasteiger partial charge in [-0.2, -0.15) is 0 Å². The van der Waals surface area contributed by atoms with E-state index in [4.69, 9.17) is 4.74 Å². The molecule has 2 heteroatoms. The standard InChI is InChI=1S/C19H20O2/c20-19(16-7-8-17-11-21-12-18(17)10-16)15-6-5-13-3-1-2-4-14(13)9-15/h5-10,19-20H,1-4,11-12H2.